The van der Waals surface area contributed by atoms with Gasteiger partial charge in [-0.3, -0.25) is 4.79 Å². The lowest BCUT2D eigenvalue weighted by Gasteiger charge is -2.36. The maximum Gasteiger partial charge on any atom is 0.278 e. The van der Waals surface area contributed by atoms with Crippen molar-refractivity contribution in [3.63, 3.8) is 0 Å². The average molecular weight is 357 g/mol. The first-order valence-corrected chi connectivity index (χ1v) is 9.79. The summed E-state index contributed by atoms with van der Waals surface area (Å²) in [6.07, 6.45) is 6.81. The van der Waals surface area contributed by atoms with Crippen LogP contribution in [0.15, 0.2) is 12.5 Å². The summed E-state index contributed by atoms with van der Waals surface area (Å²) < 4.78 is 29.1. The van der Waals surface area contributed by atoms with Crippen LogP contribution in [0.4, 0.5) is 0 Å². The van der Waals surface area contributed by atoms with E-state index in [2.05, 4.69) is 9.71 Å². The Morgan fingerprint density at radius 1 is 1.42 bits per heavy atom. The van der Waals surface area contributed by atoms with Crippen LogP contribution in [0, 0.1) is 0 Å². The molecule has 0 aliphatic carbocycles. The minimum absolute atomic E-state index is 0.0190. The number of rotatable bonds is 7. The third kappa shape index (κ3) is 4.34. The Morgan fingerprint density at radius 2 is 2.17 bits per heavy atom. The highest BCUT2D eigenvalue weighted by Gasteiger charge is 2.29. The Morgan fingerprint density at radius 3 is 2.83 bits per heavy atom. The van der Waals surface area contributed by atoms with Crippen LogP contribution in [0.3, 0.4) is 0 Å². The van der Waals surface area contributed by atoms with E-state index in [1.165, 1.54) is 14.1 Å². The molecule has 2 heterocycles. The smallest absolute Gasteiger partial charge is 0.278 e. The number of piperidine rings is 1. The quantitative estimate of drug-likeness (QED) is 0.777. The largest absolute Gasteiger partial charge is 0.334 e. The molecule has 1 aromatic heterocycles. The van der Waals surface area contributed by atoms with Crippen LogP contribution in [-0.4, -0.2) is 66.3 Å². The topological polar surface area (TPSA) is 87.5 Å². The van der Waals surface area contributed by atoms with Crippen molar-refractivity contribution < 1.29 is 13.2 Å². The molecule has 1 amide bonds. The molecular formula is C15H27N5O3S. The van der Waals surface area contributed by atoms with E-state index >= 15 is 0 Å². The number of carbonyl (C=O) groups excluding carboxylic acids is 1. The van der Waals surface area contributed by atoms with Gasteiger partial charge in [-0.2, -0.15) is 12.7 Å². The van der Waals surface area contributed by atoms with Crippen molar-refractivity contribution in [3.05, 3.63) is 18.2 Å². The van der Waals surface area contributed by atoms with Crippen LogP contribution in [0.2, 0.25) is 0 Å². The molecule has 8 nitrogen and oxygen atoms in total. The van der Waals surface area contributed by atoms with Crippen molar-refractivity contribution in [1.82, 2.24) is 23.5 Å². The molecule has 1 aromatic rings. The SMILES string of the molecule is CCn1cncc1C(=O)N1CCCC[C@H]1CCNS(=O)(=O)N(C)C. The zero-order valence-electron chi connectivity index (χ0n) is 14.6. The molecule has 0 aromatic carbocycles. The van der Waals surface area contributed by atoms with Gasteiger partial charge < -0.3 is 9.47 Å². The molecule has 9 heteroatoms. The lowest BCUT2D eigenvalue weighted by molar-refractivity contribution is 0.0593. The number of aryl methyl sites for hydroxylation is 1. The van der Waals surface area contributed by atoms with E-state index in [4.69, 9.17) is 0 Å². The van der Waals surface area contributed by atoms with E-state index in [1.54, 1.807) is 12.5 Å². The molecule has 0 bridgehead atoms. The fourth-order valence-corrected chi connectivity index (χ4v) is 3.58. The molecule has 136 valence electrons. The van der Waals surface area contributed by atoms with E-state index in [0.29, 0.717) is 31.7 Å². The number of nitrogens with zero attached hydrogens (tertiary/aromatic N) is 4. The maximum absolute atomic E-state index is 12.8. The first-order chi connectivity index (χ1) is 11.4. The zero-order chi connectivity index (χ0) is 17.7. The summed E-state index contributed by atoms with van der Waals surface area (Å²) in [7, 11) is -0.443. The van der Waals surface area contributed by atoms with Crippen LogP contribution in [0.5, 0.6) is 0 Å². The predicted octanol–water partition coefficient (Wildman–Crippen LogP) is 0.684. The number of aromatic nitrogens is 2. The van der Waals surface area contributed by atoms with Crippen molar-refractivity contribution in [2.24, 2.45) is 0 Å². The molecule has 0 saturated carbocycles. The van der Waals surface area contributed by atoms with Gasteiger partial charge in [0.25, 0.3) is 16.1 Å². The van der Waals surface area contributed by atoms with Gasteiger partial charge in [-0.05, 0) is 32.6 Å². The van der Waals surface area contributed by atoms with Crippen LogP contribution >= 0.6 is 0 Å². The molecule has 1 aliphatic heterocycles. The molecule has 1 atom stereocenters. The van der Waals surface area contributed by atoms with Crippen molar-refractivity contribution in [2.45, 2.75) is 45.2 Å². The fraction of sp³-hybridized carbons (Fsp3) is 0.733. The van der Waals surface area contributed by atoms with Gasteiger partial charge in [-0.1, -0.05) is 0 Å². The number of nitrogens with one attached hydrogen (secondary N) is 1. The minimum Gasteiger partial charge on any atom is -0.334 e. The van der Waals surface area contributed by atoms with E-state index in [-0.39, 0.29) is 11.9 Å². The van der Waals surface area contributed by atoms with Gasteiger partial charge in [0.05, 0.1) is 12.5 Å². The lowest BCUT2D eigenvalue weighted by Crippen LogP contribution is -2.46. The van der Waals surface area contributed by atoms with Crippen LogP contribution in [-0.2, 0) is 16.8 Å². The van der Waals surface area contributed by atoms with E-state index in [1.807, 2.05) is 16.4 Å². The first-order valence-electron chi connectivity index (χ1n) is 8.35. The second-order valence-electron chi connectivity index (χ2n) is 6.18. The molecule has 1 fully saturated rings. The van der Waals surface area contributed by atoms with Gasteiger partial charge in [-0.25, -0.2) is 9.71 Å². The summed E-state index contributed by atoms with van der Waals surface area (Å²) >= 11 is 0. The molecule has 24 heavy (non-hydrogen) atoms. The standard InChI is InChI=1S/C15H27N5O3S/c1-4-19-12-16-11-14(19)15(21)20-10-6-5-7-13(20)8-9-17-24(22,23)18(2)3/h11-13,17H,4-10H2,1-3H3/t13-/m0/s1. The molecule has 0 radical (unpaired) electrons. The molecule has 0 spiro atoms. The predicted molar refractivity (Wildman–Crippen MR) is 91.8 cm³/mol. The van der Waals surface area contributed by atoms with Gasteiger partial charge in [0.2, 0.25) is 0 Å². The highest BCUT2D eigenvalue weighted by Crippen LogP contribution is 2.22. The second-order valence-corrected chi connectivity index (χ2v) is 8.15. The highest BCUT2D eigenvalue weighted by molar-refractivity contribution is 7.87. The van der Waals surface area contributed by atoms with E-state index in [0.717, 1.165) is 23.6 Å². The molecule has 0 unspecified atom stereocenters. The second kappa shape index (κ2) is 8.09. The Bertz CT molecular complexity index is 656. The summed E-state index contributed by atoms with van der Waals surface area (Å²) in [5.41, 5.74) is 0.596. The zero-order valence-corrected chi connectivity index (χ0v) is 15.4. The third-order valence-corrected chi connectivity index (χ3v) is 5.93. The number of hydrogen-bond acceptors (Lipinski definition) is 4. The third-order valence-electron chi connectivity index (χ3n) is 4.40. The molecule has 1 aliphatic rings. The fourth-order valence-electron chi connectivity index (χ4n) is 2.95. The minimum atomic E-state index is -3.42. The van der Waals surface area contributed by atoms with Gasteiger partial charge in [0.1, 0.15) is 5.69 Å². The Kier molecular flexibility index (Phi) is 6.36. The van der Waals surface area contributed by atoms with Crippen molar-refractivity contribution >= 4 is 16.1 Å². The van der Waals surface area contributed by atoms with E-state index in [9.17, 15) is 13.2 Å². The average Bonchev–Trinajstić information content (AvgIpc) is 3.03. The Hall–Kier alpha value is -1.45. The Balaban J connectivity index is 2.01. The van der Waals surface area contributed by atoms with Crippen LogP contribution in [0.1, 0.15) is 43.1 Å². The summed E-state index contributed by atoms with van der Waals surface area (Å²) in [6.45, 7) is 3.70. The number of carbonyl (C=O) groups is 1. The number of likely N-dealkylation sites (tertiary alicyclic amines) is 1. The highest BCUT2D eigenvalue weighted by atomic mass is 32.2. The number of imidazole rings is 1. The van der Waals surface area contributed by atoms with E-state index < -0.39 is 10.2 Å². The lowest BCUT2D eigenvalue weighted by atomic mass is 9.99. The summed E-state index contributed by atoms with van der Waals surface area (Å²) in [6, 6.07) is 0.0521. The van der Waals surface area contributed by atoms with Crippen molar-refractivity contribution in [1.29, 1.82) is 0 Å². The number of amides is 1. The van der Waals surface area contributed by atoms with Gasteiger partial charge >= 0.3 is 0 Å². The normalized spacial score (nSPS) is 19.0. The van der Waals surface area contributed by atoms with Crippen molar-refractivity contribution in [3.8, 4) is 0 Å². The van der Waals surface area contributed by atoms with Gasteiger partial charge in [0.15, 0.2) is 0 Å². The molecule has 2 rings (SSSR count). The molecule has 1 saturated heterocycles. The monoisotopic (exact) mass is 357 g/mol. The summed E-state index contributed by atoms with van der Waals surface area (Å²) in [4.78, 5) is 18.8. The van der Waals surface area contributed by atoms with Crippen LogP contribution < -0.4 is 4.72 Å². The van der Waals surface area contributed by atoms with Crippen LogP contribution in [0.25, 0.3) is 0 Å². The van der Waals surface area contributed by atoms with Crippen molar-refractivity contribution in [2.75, 3.05) is 27.2 Å². The first kappa shape index (κ1) is 18.9. The molecular weight excluding hydrogens is 330 g/mol. The molecule has 1 N–H and O–H groups in total. The number of hydrogen-bond donors (Lipinski definition) is 1. The van der Waals surface area contributed by atoms with Gasteiger partial charge in [-0.15, -0.1) is 0 Å². The Labute approximate surface area is 144 Å². The summed E-state index contributed by atoms with van der Waals surface area (Å²) in [5.74, 6) is -0.0190. The maximum atomic E-state index is 12.8. The summed E-state index contributed by atoms with van der Waals surface area (Å²) in [5, 5.41) is 0. The van der Waals surface area contributed by atoms with Gasteiger partial charge in [0, 0.05) is 39.8 Å².